The zero-order chi connectivity index (χ0) is 19.2. The second kappa shape index (κ2) is 9.06. The smallest absolute Gasteiger partial charge is 0.125 e. The van der Waals surface area contributed by atoms with Gasteiger partial charge < -0.3 is 19.5 Å². The van der Waals surface area contributed by atoms with Gasteiger partial charge in [0.15, 0.2) is 0 Å². The van der Waals surface area contributed by atoms with Crippen molar-refractivity contribution >= 4 is 0 Å². The highest BCUT2D eigenvalue weighted by molar-refractivity contribution is 5.48. The fourth-order valence-electron chi connectivity index (χ4n) is 3.64. The van der Waals surface area contributed by atoms with Gasteiger partial charge in [0.25, 0.3) is 0 Å². The van der Waals surface area contributed by atoms with Crippen LogP contribution in [0.3, 0.4) is 0 Å². The first-order chi connectivity index (χ1) is 12.5. The van der Waals surface area contributed by atoms with E-state index in [2.05, 4.69) is 25.7 Å². The van der Waals surface area contributed by atoms with Crippen molar-refractivity contribution in [3.63, 3.8) is 0 Å². The van der Waals surface area contributed by atoms with Crippen LogP contribution in [0.15, 0.2) is 48.5 Å². The van der Waals surface area contributed by atoms with E-state index >= 15 is 0 Å². The lowest BCUT2D eigenvalue weighted by Crippen LogP contribution is -2.40. The molecule has 0 heterocycles. The van der Waals surface area contributed by atoms with Crippen molar-refractivity contribution in [3.05, 3.63) is 59.7 Å². The van der Waals surface area contributed by atoms with E-state index in [-0.39, 0.29) is 6.04 Å². The van der Waals surface area contributed by atoms with E-state index in [0.29, 0.717) is 17.9 Å². The Hall–Kier alpha value is -2.04. The number of rotatable bonds is 9. The minimum absolute atomic E-state index is 0.200. The van der Waals surface area contributed by atoms with Crippen molar-refractivity contribution in [1.29, 1.82) is 0 Å². The number of hydrogen-bond acceptors (Lipinski definition) is 4. The van der Waals surface area contributed by atoms with Gasteiger partial charge in [-0.05, 0) is 50.2 Å². The van der Waals surface area contributed by atoms with Crippen molar-refractivity contribution in [1.82, 2.24) is 4.90 Å². The number of hydrogen-bond donors (Lipinski definition) is 1. The van der Waals surface area contributed by atoms with E-state index in [9.17, 15) is 5.11 Å². The van der Waals surface area contributed by atoms with Crippen LogP contribution in [0.1, 0.15) is 38.3 Å². The first-order valence-corrected chi connectivity index (χ1v) is 9.24. The van der Waals surface area contributed by atoms with Crippen LogP contribution in [0.25, 0.3) is 0 Å². The van der Waals surface area contributed by atoms with Gasteiger partial charge in [-0.2, -0.15) is 0 Å². The average molecular weight is 357 g/mol. The number of methoxy groups -OCH3 is 2. The van der Waals surface area contributed by atoms with Crippen molar-refractivity contribution in [3.8, 4) is 11.5 Å². The molecule has 0 aliphatic heterocycles. The molecule has 0 aromatic heterocycles. The maximum atomic E-state index is 11.9. The number of nitrogens with zero attached hydrogens (tertiary/aromatic N) is 1. The lowest BCUT2D eigenvalue weighted by Gasteiger charge is -2.37. The zero-order valence-electron chi connectivity index (χ0n) is 16.5. The molecule has 2 aromatic rings. The van der Waals surface area contributed by atoms with Gasteiger partial charge >= 0.3 is 0 Å². The fraction of sp³-hybridized carbons (Fsp3) is 0.455. The Morgan fingerprint density at radius 2 is 1.65 bits per heavy atom. The van der Waals surface area contributed by atoms with Gasteiger partial charge in [-0.15, -0.1) is 0 Å². The molecule has 2 rings (SSSR count). The predicted octanol–water partition coefficient (Wildman–Crippen LogP) is 4.06. The normalized spacial score (nSPS) is 14.7. The largest absolute Gasteiger partial charge is 0.497 e. The molecule has 0 fully saturated rings. The van der Waals surface area contributed by atoms with Gasteiger partial charge in [0.1, 0.15) is 17.1 Å². The maximum Gasteiger partial charge on any atom is 0.125 e. The molecular weight excluding hydrogens is 326 g/mol. The van der Waals surface area contributed by atoms with Crippen LogP contribution >= 0.6 is 0 Å². The third kappa shape index (κ3) is 4.19. The molecule has 0 saturated carbocycles. The van der Waals surface area contributed by atoms with Crippen LogP contribution in [-0.2, 0) is 5.60 Å². The number of benzene rings is 2. The van der Waals surface area contributed by atoms with E-state index in [1.807, 2.05) is 48.5 Å². The van der Waals surface area contributed by atoms with E-state index in [0.717, 1.165) is 24.2 Å². The highest BCUT2D eigenvalue weighted by atomic mass is 16.5. The predicted molar refractivity (Wildman–Crippen MR) is 106 cm³/mol. The van der Waals surface area contributed by atoms with Crippen molar-refractivity contribution in [2.24, 2.45) is 0 Å². The highest BCUT2D eigenvalue weighted by Gasteiger charge is 2.37. The SMILES string of the molecule is CCN(CC)C(C)CC(O)(c1ccccc1)c1cc(OC)ccc1OC. The molecule has 142 valence electrons. The summed E-state index contributed by atoms with van der Waals surface area (Å²) in [5, 5.41) is 11.9. The second-order valence-electron chi connectivity index (χ2n) is 6.57. The number of aliphatic hydroxyl groups is 1. The van der Waals surface area contributed by atoms with Crippen LogP contribution in [0, 0.1) is 0 Å². The molecule has 0 saturated heterocycles. The lowest BCUT2D eigenvalue weighted by atomic mass is 9.80. The first-order valence-electron chi connectivity index (χ1n) is 9.24. The average Bonchev–Trinajstić information content (AvgIpc) is 2.68. The Kier molecular flexibility index (Phi) is 7.06. The van der Waals surface area contributed by atoms with E-state index in [4.69, 9.17) is 9.47 Å². The molecule has 0 aliphatic rings. The molecule has 0 amide bonds. The standard InChI is InChI=1S/C22H31NO3/c1-6-23(7-2)17(3)16-22(24,18-11-9-8-10-12-18)20-15-19(25-4)13-14-21(20)26-5/h8-15,17,24H,6-7,16H2,1-5H3. The molecule has 2 unspecified atom stereocenters. The minimum atomic E-state index is -1.18. The second-order valence-corrected chi connectivity index (χ2v) is 6.57. The van der Waals surface area contributed by atoms with Crippen LogP contribution < -0.4 is 9.47 Å². The molecule has 2 atom stereocenters. The van der Waals surface area contributed by atoms with Crippen LogP contribution in [0.2, 0.25) is 0 Å². The highest BCUT2D eigenvalue weighted by Crippen LogP contribution is 2.41. The van der Waals surface area contributed by atoms with Crippen molar-refractivity contribution in [2.75, 3.05) is 27.3 Å². The monoisotopic (exact) mass is 357 g/mol. The number of ether oxygens (including phenoxy) is 2. The van der Waals surface area contributed by atoms with Gasteiger partial charge in [-0.25, -0.2) is 0 Å². The van der Waals surface area contributed by atoms with Crippen LogP contribution in [0.5, 0.6) is 11.5 Å². The molecule has 0 aliphatic carbocycles. The summed E-state index contributed by atoms with van der Waals surface area (Å²) in [6.07, 6.45) is 0.558. The first kappa shape index (κ1) is 20.3. The third-order valence-electron chi connectivity index (χ3n) is 5.13. The van der Waals surface area contributed by atoms with E-state index < -0.39 is 5.60 Å². The summed E-state index contributed by atoms with van der Waals surface area (Å²) in [5.74, 6) is 1.36. The van der Waals surface area contributed by atoms with E-state index in [1.54, 1.807) is 14.2 Å². The zero-order valence-corrected chi connectivity index (χ0v) is 16.5. The Bertz CT molecular complexity index is 685. The Balaban J connectivity index is 2.58. The van der Waals surface area contributed by atoms with Crippen LogP contribution in [0.4, 0.5) is 0 Å². The van der Waals surface area contributed by atoms with Crippen LogP contribution in [-0.4, -0.2) is 43.4 Å². The molecular formula is C22H31NO3. The summed E-state index contributed by atoms with van der Waals surface area (Å²) in [4.78, 5) is 2.35. The molecule has 4 nitrogen and oxygen atoms in total. The molecule has 2 aromatic carbocycles. The van der Waals surface area contributed by atoms with Gasteiger partial charge in [0.2, 0.25) is 0 Å². The lowest BCUT2D eigenvalue weighted by molar-refractivity contribution is 0.0367. The summed E-state index contributed by atoms with van der Waals surface area (Å²) in [5.41, 5.74) is 0.401. The minimum Gasteiger partial charge on any atom is -0.497 e. The maximum absolute atomic E-state index is 11.9. The van der Waals surface area contributed by atoms with Crippen molar-refractivity contribution in [2.45, 2.75) is 38.8 Å². The molecule has 1 N–H and O–H groups in total. The Labute approximate surface area is 157 Å². The molecule has 26 heavy (non-hydrogen) atoms. The third-order valence-corrected chi connectivity index (χ3v) is 5.13. The van der Waals surface area contributed by atoms with Gasteiger partial charge in [-0.1, -0.05) is 44.2 Å². The topological polar surface area (TPSA) is 41.9 Å². The molecule has 0 radical (unpaired) electrons. The van der Waals surface area contributed by atoms with Gasteiger partial charge in [0, 0.05) is 11.6 Å². The summed E-state index contributed by atoms with van der Waals surface area (Å²) >= 11 is 0. The Morgan fingerprint density at radius 1 is 1.00 bits per heavy atom. The Morgan fingerprint density at radius 3 is 2.19 bits per heavy atom. The quantitative estimate of drug-likeness (QED) is 0.735. The van der Waals surface area contributed by atoms with Gasteiger partial charge in [-0.3, -0.25) is 0 Å². The summed E-state index contributed by atoms with van der Waals surface area (Å²) in [7, 11) is 3.26. The van der Waals surface area contributed by atoms with Gasteiger partial charge in [0.05, 0.1) is 14.2 Å². The summed E-state index contributed by atoms with van der Waals surface area (Å²) in [6, 6.07) is 15.6. The van der Waals surface area contributed by atoms with E-state index in [1.165, 1.54) is 0 Å². The summed E-state index contributed by atoms with van der Waals surface area (Å²) < 4.78 is 11.0. The summed E-state index contributed by atoms with van der Waals surface area (Å²) in [6.45, 7) is 8.34. The molecule has 0 bridgehead atoms. The fourth-order valence-corrected chi connectivity index (χ4v) is 3.64. The van der Waals surface area contributed by atoms with Crippen molar-refractivity contribution < 1.29 is 14.6 Å². The molecule has 4 heteroatoms. The molecule has 0 spiro atoms.